The van der Waals surface area contributed by atoms with Crippen molar-refractivity contribution in [1.29, 1.82) is 0 Å². The minimum absolute atomic E-state index is 0.0180. The summed E-state index contributed by atoms with van der Waals surface area (Å²) in [4.78, 5) is 0. The van der Waals surface area contributed by atoms with Gasteiger partial charge in [-0.25, -0.2) is 0 Å². The maximum Gasteiger partial charge on any atom is 0.411 e. The Morgan fingerprint density at radius 2 is 1.53 bits per heavy atom. The number of alkyl halides is 3. The lowest BCUT2D eigenvalue weighted by Crippen LogP contribution is -2.42. The molecule has 0 heterocycles. The maximum atomic E-state index is 11.8. The fourth-order valence-corrected chi connectivity index (χ4v) is 1.13. The van der Waals surface area contributed by atoms with Gasteiger partial charge in [0.05, 0.1) is 0 Å². The van der Waals surface area contributed by atoms with Crippen LogP contribution in [0.1, 0.15) is 41.0 Å². The fourth-order valence-electron chi connectivity index (χ4n) is 1.13. The molecule has 0 amide bonds. The van der Waals surface area contributed by atoms with E-state index in [1.54, 1.807) is 0 Å². The Morgan fingerprint density at radius 3 is 1.94 bits per heavy atom. The van der Waals surface area contributed by atoms with Crippen molar-refractivity contribution in [3.05, 3.63) is 0 Å². The number of hydrogen-bond acceptors (Lipinski definition) is 2. The zero-order valence-electron chi connectivity index (χ0n) is 11.4. The van der Waals surface area contributed by atoms with Gasteiger partial charge in [0, 0.05) is 18.7 Å². The summed E-state index contributed by atoms with van der Waals surface area (Å²) in [5.41, 5.74) is -0.0526. The van der Waals surface area contributed by atoms with Crippen LogP contribution in [-0.4, -0.2) is 31.5 Å². The zero-order chi connectivity index (χ0) is 13.7. The lowest BCUT2D eigenvalue weighted by atomic mass is 9.88. The Morgan fingerprint density at radius 1 is 1.00 bits per heavy atom. The molecule has 0 radical (unpaired) electrons. The zero-order valence-corrected chi connectivity index (χ0v) is 11.4. The summed E-state index contributed by atoms with van der Waals surface area (Å²) in [7, 11) is 0. The molecule has 104 valence electrons. The summed E-state index contributed by atoms with van der Waals surface area (Å²) in [6, 6.07) is 0. The molecule has 1 N–H and O–H groups in total. The van der Waals surface area contributed by atoms with Crippen molar-refractivity contribution in [3.8, 4) is 0 Å². The van der Waals surface area contributed by atoms with E-state index in [2.05, 4.69) is 30.8 Å². The number of ether oxygens (including phenoxy) is 1. The summed E-state index contributed by atoms with van der Waals surface area (Å²) < 4.78 is 40.1. The van der Waals surface area contributed by atoms with Crippen LogP contribution in [0.5, 0.6) is 0 Å². The smallest absolute Gasteiger partial charge is 0.372 e. The first-order chi connectivity index (χ1) is 7.41. The Kier molecular flexibility index (Phi) is 5.94. The second-order valence-corrected chi connectivity index (χ2v) is 6.19. The standard InChI is InChI=1S/C12H24F3NO/c1-10(2,3)16-8-11(4,5)6-7-17-9-12(13,14)15/h16H,6-9H2,1-5H3. The van der Waals surface area contributed by atoms with Crippen LogP contribution in [-0.2, 0) is 4.74 Å². The number of hydrogen-bond donors (Lipinski definition) is 1. The van der Waals surface area contributed by atoms with Gasteiger partial charge in [-0.1, -0.05) is 13.8 Å². The van der Waals surface area contributed by atoms with Gasteiger partial charge in [0.2, 0.25) is 0 Å². The van der Waals surface area contributed by atoms with Gasteiger partial charge in [0.15, 0.2) is 0 Å². The van der Waals surface area contributed by atoms with Crippen LogP contribution < -0.4 is 5.32 Å². The molecule has 0 aliphatic heterocycles. The highest BCUT2D eigenvalue weighted by Gasteiger charge is 2.28. The molecule has 0 unspecified atom stereocenters. The molecule has 0 atom stereocenters. The molecule has 2 nitrogen and oxygen atoms in total. The predicted molar refractivity (Wildman–Crippen MR) is 63.0 cm³/mol. The molecule has 0 spiro atoms. The molecular formula is C12H24F3NO. The number of nitrogens with one attached hydrogen (secondary N) is 1. The molecule has 0 bridgehead atoms. The lowest BCUT2D eigenvalue weighted by Gasteiger charge is -2.30. The third kappa shape index (κ3) is 12.0. The molecular weight excluding hydrogens is 231 g/mol. The first kappa shape index (κ1) is 16.7. The van der Waals surface area contributed by atoms with Gasteiger partial charge in [-0.15, -0.1) is 0 Å². The van der Waals surface area contributed by atoms with Crippen molar-refractivity contribution in [3.63, 3.8) is 0 Å². The van der Waals surface area contributed by atoms with Crippen molar-refractivity contribution in [2.45, 2.75) is 52.8 Å². The highest BCUT2D eigenvalue weighted by Crippen LogP contribution is 2.21. The summed E-state index contributed by atoms with van der Waals surface area (Å²) in [5, 5.41) is 3.34. The Balaban J connectivity index is 3.79. The van der Waals surface area contributed by atoms with Gasteiger partial charge in [-0.2, -0.15) is 13.2 Å². The Bertz CT molecular complexity index is 219. The van der Waals surface area contributed by atoms with E-state index in [4.69, 9.17) is 0 Å². The van der Waals surface area contributed by atoms with E-state index in [1.807, 2.05) is 13.8 Å². The van der Waals surface area contributed by atoms with Crippen molar-refractivity contribution < 1.29 is 17.9 Å². The van der Waals surface area contributed by atoms with Crippen LogP contribution in [0.25, 0.3) is 0 Å². The Labute approximate surface area is 102 Å². The van der Waals surface area contributed by atoms with E-state index < -0.39 is 12.8 Å². The van der Waals surface area contributed by atoms with E-state index in [0.717, 1.165) is 6.54 Å². The predicted octanol–water partition coefficient (Wildman–Crippen LogP) is 3.37. The summed E-state index contributed by atoms with van der Waals surface area (Å²) in [5.74, 6) is 0. The molecule has 0 fully saturated rings. The molecule has 0 aliphatic rings. The first-order valence-corrected chi connectivity index (χ1v) is 5.81. The Hall–Kier alpha value is -0.290. The summed E-state index contributed by atoms with van der Waals surface area (Å²) in [6.07, 6.45) is -3.63. The van der Waals surface area contributed by atoms with Crippen molar-refractivity contribution in [2.24, 2.45) is 5.41 Å². The monoisotopic (exact) mass is 255 g/mol. The van der Waals surface area contributed by atoms with Gasteiger partial charge in [-0.3, -0.25) is 0 Å². The van der Waals surface area contributed by atoms with Crippen LogP contribution >= 0.6 is 0 Å². The van der Waals surface area contributed by atoms with Crippen molar-refractivity contribution in [2.75, 3.05) is 19.8 Å². The molecule has 0 aromatic carbocycles. The molecule has 17 heavy (non-hydrogen) atoms. The molecule has 0 rings (SSSR count). The van der Waals surface area contributed by atoms with Crippen LogP contribution in [0.3, 0.4) is 0 Å². The van der Waals surface area contributed by atoms with Crippen LogP contribution in [0.4, 0.5) is 13.2 Å². The molecule has 5 heteroatoms. The second kappa shape index (κ2) is 6.05. The fraction of sp³-hybridized carbons (Fsp3) is 1.00. The largest absolute Gasteiger partial charge is 0.411 e. The van der Waals surface area contributed by atoms with Crippen LogP contribution in [0, 0.1) is 5.41 Å². The summed E-state index contributed by atoms with van der Waals surface area (Å²) >= 11 is 0. The van der Waals surface area contributed by atoms with Crippen LogP contribution in [0.15, 0.2) is 0 Å². The number of halogens is 3. The quantitative estimate of drug-likeness (QED) is 0.735. The average molecular weight is 255 g/mol. The average Bonchev–Trinajstić information content (AvgIpc) is 2.07. The van der Waals surface area contributed by atoms with Crippen LogP contribution in [0.2, 0.25) is 0 Å². The van der Waals surface area contributed by atoms with E-state index >= 15 is 0 Å². The van der Waals surface area contributed by atoms with Gasteiger partial charge in [0.1, 0.15) is 6.61 Å². The molecule has 0 aliphatic carbocycles. The topological polar surface area (TPSA) is 21.3 Å². The van der Waals surface area contributed by atoms with Gasteiger partial charge in [-0.05, 0) is 32.6 Å². The normalized spacial score (nSPS) is 14.1. The van der Waals surface area contributed by atoms with Gasteiger partial charge in [0.25, 0.3) is 0 Å². The number of rotatable bonds is 6. The van der Waals surface area contributed by atoms with E-state index in [0.29, 0.717) is 6.42 Å². The van der Waals surface area contributed by atoms with Gasteiger partial charge < -0.3 is 10.1 Å². The molecule has 0 aromatic rings. The lowest BCUT2D eigenvalue weighted by molar-refractivity contribution is -0.175. The summed E-state index contributed by atoms with van der Waals surface area (Å²) in [6.45, 7) is 9.95. The molecule has 0 saturated carbocycles. The third-order valence-corrected chi connectivity index (χ3v) is 2.29. The highest BCUT2D eigenvalue weighted by molar-refractivity contribution is 4.78. The molecule has 0 saturated heterocycles. The molecule has 0 aromatic heterocycles. The third-order valence-electron chi connectivity index (χ3n) is 2.29. The van der Waals surface area contributed by atoms with Gasteiger partial charge >= 0.3 is 6.18 Å². The highest BCUT2D eigenvalue weighted by atomic mass is 19.4. The first-order valence-electron chi connectivity index (χ1n) is 5.81. The maximum absolute atomic E-state index is 11.8. The SMILES string of the molecule is CC(C)(CCOCC(F)(F)F)CNC(C)(C)C. The van der Waals surface area contributed by atoms with Crippen molar-refractivity contribution in [1.82, 2.24) is 5.32 Å². The second-order valence-electron chi connectivity index (χ2n) is 6.19. The minimum atomic E-state index is -4.23. The van der Waals surface area contributed by atoms with E-state index in [-0.39, 0.29) is 17.6 Å². The van der Waals surface area contributed by atoms with Crippen molar-refractivity contribution >= 4 is 0 Å². The van der Waals surface area contributed by atoms with E-state index in [1.165, 1.54) is 0 Å². The van der Waals surface area contributed by atoms with E-state index in [9.17, 15) is 13.2 Å². The minimum Gasteiger partial charge on any atom is -0.372 e.